The zero-order valence-corrected chi connectivity index (χ0v) is 9.55. The molecule has 1 unspecified atom stereocenters. The largest absolute Gasteiger partial charge is 0.310 e. The molecule has 1 heterocycles. The molecule has 1 aromatic rings. The summed E-state index contributed by atoms with van der Waals surface area (Å²) in [6, 6.07) is 10.2. The zero-order chi connectivity index (χ0) is 10.5. The van der Waals surface area contributed by atoms with Crippen LogP contribution in [0.2, 0.25) is 0 Å². The van der Waals surface area contributed by atoms with Gasteiger partial charge in [-0.3, -0.25) is 0 Å². The molecule has 0 saturated carbocycles. The Hall–Kier alpha value is -0.820. The van der Waals surface area contributed by atoms with Crippen molar-refractivity contribution in [2.24, 2.45) is 0 Å². The van der Waals surface area contributed by atoms with E-state index in [1.54, 1.807) is 0 Å². The van der Waals surface area contributed by atoms with Crippen molar-refractivity contribution >= 4 is 0 Å². The van der Waals surface area contributed by atoms with Crippen molar-refractivity contribution < 1.29 is 0 Å². The molecule has 1 aliphatic heterocycles. The topological polar surface area (TPSA) is 12.0 Å². The number of benzene rings is 1. The van der Waals surface area contributed by atoms with Gasteiger partial charge in [0.25, 0.3) is 0 Å². The summed E-state index contributed by atoms with van der Waals surface area (Å²) in [5.41, 5.74) is 3.01. The van der Waals surface area contributed by atoms with E-state index in [2.05, 4.69) is 30.4 Å². The van der Waals surface area contributed by atoms with Gasteiger partial charge in [0.05, 0.1) is 0 Å². The number of hydrogen-bond acceptors (Lipinski definition) is 1. The molecule has 1 nitrogen and oxygen atoms in total. The molecular weight excluding hydrogens is 182 g/mol. The lowest BCUT2D eigenvalue weighted by Crippen LogP contribution is -2.29. The van der Waals surface area contributed by atoms with Crippen molar-refractivity contribution in [2.45, 2.75) is 45.1 Å². The van der Waals surface area contributed by atoms with Crippen molar-refractivity contribution in [3.8, 4) is 0 Å². The molecule has 0 saturated heterocycles. The molecule has 0 aromatic heterocycles. The van der Waals surface area contributed by atoms with Crippen molar-refractivity contribution in [3.63, 3.8) is 0 Å². The van der Waals surface area contributed by atoms with Crippen LogP contribution in [0.5, 0.6) is 0 Å². The molecule has 81 valence electrons. The monoisotopic (exact) mass is 202 g/mol. The van der Waals surface area contributed by atoms with Crippen LogP contribution in [0, 0.1) is 6.07 Å². The summed E-state index contributed by atoms with van der Waals surface area (Å²) in [7, 11) is 0. The third-order valence-corrected chi connectivity index (χ3v) is 3.24. The van der Waals surface area contributed by atoms with E-state index in [0.717, 1.165) is 13.0 Å². The molecule has 2 rings (SSSR count). The normalized spacial score (nSPS) is 19.9. The third kappa shape index (κ3) is 2.60. The lowest BCUT2D eigenvalue weighted by Gasteiger charge is -2.26. The van der Waals surface area contributed by atoms with Crippen molar-refractivity contribution in [2.75, 3.05) is 6.54 Å². The molecule has 0 amide bonds. The van der Waals surface area contributed by atoms with Crippen molar-refractivity contribution in [1.82, 2.24) is 5.32 Å². The number of rotatable bonds is 4. The Labute approximate surface area is 92.9 Å². The standard InChI is InChI=1S/C14H20N/c1-2-3-4-9-14-13-8-6-5-7-12(13)10-11-15-14/h6-8,14-15H,2-4,9-11H2,1H3. The van der Waals surface area contributed by atoms with Crippen LogP contribution in [0.25, 0.3) is 0 Å². The van der Waals surface area contributed by atoms with E-state index >= 15 is 0 Å². The van der Waals surface area contributed by atoms with Crippen LogP contribution >= 0.6 is 0 Å². The van der Waals surface area contributed by atoms with Crippen LogP contribution in [0.1, 0.15) is 49.8 Å². The number of hydrogen-bond donors (Lipinski definition) is 1. The number of unbranched alkanes of at least 4 members (excludes halogenated alkanes) is 2. The maximum absolute atomic E-state index is 3.62. The van der Waals surface area contributed by atoms with Crippen LogP contribution in [-0.4, -0.2) is 6.54 Å². The Morgan fingerprint density at radius 2 is 2.40 bits per heavy atom. The lowest BCUT2D eigenvalue weighted by molar-refractivity contribution is 0.454. The Kier molecular flexibility index (Phi) is 3.79. The fraction of sp³-hybridized carbons (Fsp3) is 0.571. The van der Waals surface area contributed by atoms with E-state index in [4.69, 9.17) is 0 Å². The summed E-state index contributed by atoms with van der Waals surface area (Å²) in [5.74, 6) is 0. The van der Waals surface area contributed by atoms with Gasteiger partial charge in [-0.05, 0) is 36.6 Å². The predicted molar refractivity (Wildman–Crippen MR) is 63.9 cm³/mol. The second-order valence-corrected chi connectivity index (χ2v) is 4.38. The van der Waals surface area contributed by atoms with Crippen molar-refractivity contribution in [1.29, 1.82) is 0 Å². The molecule has 0 bridgehead atoms. The summed E-state index contributed by atoms with van der Waals surface area (Å²) < 4.78 is 0. The molecule has 15 heavy (non-hydrogen) atoms. The molecule has 1 aliphatic rings. The van der Waals surface area contributed by atoms with Gasteiger partial charge in [-0.2, -0.15) is 0 Å². The molecule has 0 spiro atoms. The fourth-order valence-corrected chi connectivity index (χ4v) is 2.38. The van der Waals surface area contributed by atoms with Crippen LogP contribution in [0.4, 0.5) is 0 Å². The highest BCUT2D eigenvalue weighted by atomic mass is 14.9. The molecule has 1 aromatic carbocycles. The van der Waals surface area contributed by atoms with Gasteiger partial charge < -0.3 is 5.32 Å². The summed E-state index contributed by atoms with van der Waals surface area (Å²) in [6.07, 6.45) is 6.45. The Bertz CT molecular complexity index is 306. The van der Waals surface area contributed by atoms with Crippen LogP contribution in [0.15, 0.2) is 18.2 Å². The SMILES string of the molecule is CCCCCC1NCCc2c[c]ccc21. The Balaban J connectivity index is 2.02. The first-order valence-corrected chi connectivity index (χ1v) is 6.14. The Morgan fingerprint density at radius 1 is 1.47 bits per heavy atom. The van der Waals surface area contributed by atoms with Gasteiger partial charge in [-0.15, -0.1) is 0 Å². The first-order valence-electron chi connectivity index (χ1n) is 6.14. The predicted octanol–water partition coefficient (Wildman–Crippen LogP) is 3.25. The first-order chi connectivity index (χ1) is 7.42. The molecule has 1 radical (unpaired) electrons. The highest BCUT2D eigenvalue weighted by Gasteiger charge is 2.17. The summed E-state index contributed by atoms with van der Waals surface area (Å²) in [5, 5.41) is 3.62. The van der Waals surface area contributed by atoms with E-state index in [9.17, 15) is 0 Å². The minimum absolute atomic E-state index is 0.592. The van der Waals surface area contributed by atoms with Gasteiger partial charge in [0, 0.05) is 6.04 Å². The summed E-state index contributed by atoms with van der Waals surface area (Å²) in [4.78, 5) is 0. The van der Waals surface area contributed by atoms with Crippen LogP contribution in [0.3, 0.4) is 0 Å². The highest BCUT2D eigenvalue weighted by molar-refractivity contribution is 5.31. The molecular formula is C14H20N. The van der Waals surface area contributed by atoms with Crippen molar-refractivity contribution in [3.05, 3.63) is 35.4 Å². The third-order valence-electron chi connectivity index (χ3n) is 3.24. The minimum Gasteiger partial charge on any atom is -0.310 e. The van der Waals surface area contributed by atoms with Gasteiger partial charge in [0.1, 0.15) is 0 Å². The average Bonchev–Trinajstić information content (AvgIpc) is 2.30. The van der Waals surface area contributed by atoms with E-state index < -0.39 is 0 Å². The van der Waals surface area contributed by atoms with E-state index in [-0.39, 0.29) is 0 Å². The van der Waals surface area contributed by atoms with E-state index in [1.807, 2.05) is 6.07 Å². The van der Waals surface area contributed by atoms with Crippen LogP contribution < -0.4 is 5.32 Å². The highest BCUT2D eigenvalue weighted by Crippen LogP contribution is 2.26. The maximum Gasteiger partial charge on any atom is 0.0323 e. The van der Waals surface area contributed by atoms with E-state index in [0.29, 0.717) is 6.04 Å². The smallest absolute Gasteiger partial charge is 0.0323 e. The first kappa shape index (κ1) is 10.7. The molecule has 1 atom stereocenters. The zero-order valence-electron chi connectivity index (χ0n) is 9.55. The van der Waals surface area contributed by atoms with Gasteiger partial charge in [-0.25, -0.2) is 0 Å². The maximum atomic E-state index is 3.62. The van der Waals surface area contributed by atoms with Gasteiger partial charge in [0.15, 0.2) is 0 Å². The molecule has 0 fully saturated rings. The quantitative estimate of drug-likeness (QED) is 0.739. The fourth-order valence-electron chi connectivity index (χ4n) is 2.38. The molecule has 0 aliphatic carbocycles. The molecule has 1 heteroatoms. The number of nitrogens with one attached hydrogen (secondary N) is 1. The summed E-state index contributed by atoms with van der Waals surface area (Å²) >= 11 is 0. The average molecular weight is 202 g/mol. The van der Waals surface area contributed by atoms with Gasteiger partial charge in [0.2, 0.25) is 0 Å². The van der Waals surface area contributed by atoms with Gasteiger partial charge in [-0.1, -0.05) is 44.4 Å². The molecule has 1 N–H and O–H groups in total. The number of fused-ring (bicyclic) bond motifs is 1. The second-order valence-electron chi connectivity index (χ2n) is 4.38. The van der Waals surface area contributed by atoms with E-state index in [1.165, 1.54) is 36.8 Å². The van der Waals surface area contributed by atoms with Gasteiger partial charge >= 0.3 is 0 Å². The lowest BCUT2D eigenvalue weighted by atomic mass is 9.91. The second kappa shape index (κ2) is 5.32. The minimum atomic E-state index is 0.592. The van der Waals surface area contributed by atoms with Crippen LogP contribution in [-0.2, 0) is 6.42 Å². The Morgan fingerprint density at radius 3 is 3.27 bits per heavy atom. The summed E-state index contributed by atoms with van der Waals surface area (Å²) in [6.45, 7) is 3.39.